The summed E-state index contributed by atoms with van der Waals surface area (Å²) in [6.07, 6.45) is 18.4. The second-order valence-electron chi connectivity index (χ2n) is 15.4. The summed E-state index contributed by atoms with van der Waals surface area (Å²) in [5, 5.41) is 4.31. The van der Waals surface area contributed by atoms with Crippen molar-refractivity contribution in [2.45, 2.75) is 105 Å². The van der Waals surface area contributed by atoms with Crippen LogP contribution in [0.2, 0.25) is 0 Å². The molecule has 238 valence electrons. The molecule has 0 unspecified atom stereocenters. The van der Waals surface area contributed by atoms with Crippen molar-refractivity contribution in [2.24, 2.45) is 46.3 Å². The van der Waals surface area contributed by atoms with Crippen LogP contribution in [0.3, 0.4) is 0 Å². The molecule has 3 aromatic rings. The van der Waals surface area contributed by atoms with E-state index < -0.39 is 7.92 Å². The summed E-state index contributed by atoms with van der Waals surface area (Å²) in [6.45, 7) is 10.4. The number of hydrogen-bond acceptors (Lipinski definition) is 0. The van der Waals surface area contributed by atoms with Crippen molar-refractivity contribution in [1.82, 2.24) is 0 Å². The Morgan fingerprint density at radius 1 is 0.636 bits per heavy atom. The van der Waals surface area contributed by atoms with Gasteiger partial charge in [0.05, 0.1) is 7.92 Å². The highest BCUT2D eigenvalue weighted by Gasteiger charge is 2.60. The first-order valence-corrected chi connectivity index (χ1v) is 19.5. The van der Waals surface area contributed by atoms with Crippen LogP contribution in [0.15, 0.2) is 91.0 Å². The Hall–Kier alpha value is -1.43. The molecule has 3 aromatic carbocycles. The Bertz CT molecular complexity index is 1180. The zero-order valence-corrected chi connectivity index (χ0v) is 30.6. The Balaban J connectivity index is 0.000000175. The third-order valence-electron chi connectivity index (χ3n) is 13.3. The van der Waals surface area contributed by atoms with Gasteiger partial charge in [-0.3, -0.25) is 0 Å². The Morgan fingerprint density at radius 3 is 1.73 bits per heavy atom. The van der Waals surface area contributed by atoms with Gasteiger partial charge in [0.25, 0.3) is 0 Å². The van der Waals surface area contributed by atoms with Gasteiger partial charge in [0.1, 0.15) is 15.9 Å². The molecule has 4 saturated carbocycles. The SMILES string of the molecule is CCC[C@@H](C)[C@H]1CC[C@H]2[C@@H]3CC[C@@H]4CCCC[C@]4(C)[C@H]3CC[C@]12C.[Br-].c1ccc([PH+](c2ccccc2)c2ccccc2)cc1. The van der Waals surface area contributed by atoms with E-state index in [1.807, 2.05) is 0 Å². The lowest BCUT2D eigenvalue weighted by atomic mass is 9.44. The number of halogens is 1. The summed E-state index contributed by atoms with van der Waals surface area (Å²) >= 11 is 0. The lowest BCUT2D eigenvalue weighted by Gasteiger charge is -2.61. The van der Waals surface area contributed by atoms with E-state index in [0.29, 0.717) is 5.41 Å². The minimum atomic E-state index is -0.877. The average molecular weight is 674 g/mol. The van der Waals surface area contributed by atoms with E-state index in [1.54, 1.807) is 51.4 Å². The standard InChI is InChI=1S/C24H42.C18H15P.BrH/c1-5-8-17(2)20-12-13-21-19-11-10-18-9-6-7-15-23(18,3)22(19)14-16-24(20,21)4;1-4-10-16(11-5-1)19(17-12-6-2-7-13-17)18-14-8-3-9-15-18;/h17-22H,5-16H2,1-4H3;1-15H;1H/t17-,18+,19+,20-,21+,22+,23+,24-;;/m1../s1. The molecule has 0 aromatic heterocycles. The molecule has 4 aliphatic rings. The second kappa shape index (κ2) is 15.0. The summed E-state index contributed by atoms with van der Waals surface area (Å²) in [6, 6.07) is 32.5. The molecule has 44 heavy (non-hydrogen) atoms. The minimum absolute atomic E-state index is 0. The van der Waals surface area contributed by atoms with Gasteiger partial charge >= 0.3 is 0 Å². The lowest BCUT2D eigenvalue weighted by molar-refractivity contribution is -0.114. The third kappa shape index (κ3) is 6.67. The van der Waals surface area contributed by atoms with Crippen LogP contribution in [0, 0.1) is 46.3 Å². The highest BCUT2D eigenvalue weighted by Crippen LogP contribution is 2.68. The number of fused-ring (bicyclic) bond motifs is 5. The Labute approximate surface area is 281 Å². The van der Waals surface area contributed by atoms with Crippen LogP contribution in [0.4, 0.5) is 0 Å². The van der Waals surface area contributed by atoms with E-state index >= 15 is 0 Å². The van der Waals surface area contributed by atoms with Gasteiger partial charge in [-0.1, -0.05) is 108 Å². The van der Waals surface area contributed by atoms with Crippen molar-refractivity contribution < 1.29 is 17.0 Å². The van der Waals surface area contributed by atoms with E-state index in [9.17, 15) is 0 Å². The molecule has 0 heterocycles. The smallest absolute Gasteiger partial charge is 0.102 e. The van der Waals surface area contributed by atoms with Gasteiger partial charge in [-0.2, -0.15) is 0 Å². The average Bonchev–Trinajstić information content (AvgIpc) is 3.40. The van der Waals surface area contributed by atoms with Gasteiger partial charge in [0, 0.05) is 0 Å². The number of benzene rings is 3. The molecule has 4 aliphatic carbocycles. The second-order valence-corrected chi connectivity index (χ2v) is 17.9. The molecule has 2 heteroatoms. The zero-order valence-electron chi connectivity index (χ0n) is 28.0. The van der Waals surface area contributed by atoms with E-state index in [4.69, 9.17) is 0 Å². The van der Waals surface area contributed by atoms with E-state index in [0.717, 1.165) is 40.9 Å². The summed E-state index contributed by atoms with van der Waals surface area (Å²) < 4.78 is 0. The van der Waals surface area contributed by atoms with Gasteiger partial charge in [-0.15, -0.1) is 0 Å². The third-order valence-corrected chi connectivity index (χ3v) is 16.0. The summed E-state index contributed by atoms with van der Waals surface area (Å²) in [4.78, 5) is 0. The number of rotatable bonds is 6. The van der Waals surface area contributed by atoms with Gasteiger partial charge in [-0.05, 0) is 134 Å². The Morgan fingerprint density at radius 2 is 1.18 bits per heavy atom. The fourth-order valence-corrected chi connectivity index (χ4v) is 13.8. The van der Waals surface area contributed by atoms with Crippen LogP contribution in [0.25, 0.3) is 0 Å². The van der Waals surface area contributed by atoms with Crippen molar-refractivity contribution >= 4 is 23.8 Å². The van der Waals surface area contributed by atoms with Crippen molar-refractivity contribution in [1.29, 1.82) is 0 Å². The molecule has 8 atom stereocenters. The van der Waals surface area contributed by atoms with Crippen LogP contribution >= 0.6 is 7.92 Å². The molecule has 0 nitrogen and oxygen atoms in total. The number of hydrogen-bond donors (Lipinski definition) is 0. The predicted octanol–water partition coefficient (Wildman–Crippen LogP) is 7.65. The molecule has 0 radical (unpaired) electrons. The van der Waals surface area contributed by atoms with Crippen LogP contribution in [0.5, 0.6) is 0 Å². The first-order chi connectivity index (χ1) is 21.0. The maximum absolute atomic E-state index is 2.73. The van der Waals surface area contributed by atoms with Crippen molar-refractivity contribution in [3.05, 3.63) is 91.0 Å². The molecule has 0 amide bonds. The molecule has 0 saturated heterocycles. The molecule has 0 spiro atoms. The van der Waals surface area contributed by atoms with Crippen molar-refractivity contribution in [3.8, 4) is 0 Å². The van der Waals surface area contributed by atoms with E-state index in [2.05, 4.69) is 119 Å². The molecule has 0 aliphatic heterocycles. The first kappa shape index (κ1) is 33.9. The highest BCUT2D eigenvalue weighted by atomic mass is 79.9. The maximum atomic E-state index is 2.73. The zero-order chi connectivity index (χ0) is 29.9. The fraction of sp³-hybridized carbons (Fsp3) is 0.571. The van der Waals surface area contributed by atoms with Crippen molar-refractivity contribution in [2.75, 3.05) is 0 Å². The monoisotopic (exact) mass is 672 g/mol. The molecule has 0 bridgehead atoms. The molecule has 4 fully saturated rings. The minimum Gasteiger partial charge on any atom is -1.00 e. The van der Waals surface area contributed by atoms with Gasteiger partial charge in [-0.25, -0.2) is 0 Å². The first-order valence-electron chi connectivity index (χ1n) is 18.0. The van der Waals surface area contributed by atoms with Crippen LogP contribution in [-0.4, -0.2) is 0 Å². The summed E-state index contributed by atoms with van der Waals surface area (Å²) in [5.74, 6) is 6.30. The van der Waals surface area contributed by atoms with E-state index in [-0.39, 0.29) is 17.0 Å². The topological polar surface area (TPSA) is 0 Å². The van der Waals surface area contributed by atoms with Crippen LogP contribution in [-0.2, 0) is 0 Å². The van der Waals surface area contributed by atoms with Crippen molar-refractivity contribution in [3.63, 3.8) is 0 Å². The Kier molecular flexibility index (Phi) is 11.6. The molecule has 0 N–H and O–H groups in total. The summed E-state index contributed by atoms with van der Waals surface area (Å²) in [5.41, 5.74) is 1.41. The quantitative estimate of drug-likeness (QED) is 0.236. The van der Waals surface area contributed by atoms with E-state index in [1.165, 1.54) is 41.6 Å². The molecular weight excluding hydrogens is 615 g/mol. The van der Waals surface area contributed by atoms with Crippen LogP contribution in [0.1, 0.15) is 105 Å². The fourth-order valence-electron chi connectivity index (χ4n) is 11.2. The molecular formula is C42H58BrP. The van der Waals surface area contributed by atoms with Crippen LogP contribution < -0.4 is 32.9 Å². The van der Waals surface area contributed by atoms with Gasteiger partial charge in [0.2, 0.25) is 0 Å². The highest BCUT2D eigenvalue weighted by molar-refractivity contribution is 7.79. The van der Waals surface area contributed by atoms with Gasteiger partial charge < -0.3 is 17.0 Å². The maximum Gasteiger partial charge on any atom is 0.102 e. The predicted molar refractivity (Wildman–Crippen MR) is 190 cm³/mol. The van der Waals surface area contributed by atoms with Gasteiger partial charge in [0.15, 0.2) is 0 Å². The largest absolute Gasteiger partial charge is 1.00 e. The lowest BCUT2D eigenvalue weighted by Crippen LogP contribution is -3.00. The molecule has 7 rings (SSSR count). The summed E-state index contributed by atoms with van der Waals surface area (Å²) in [7, 11) is -0.877. The normalized spacial score (nSPS) is 33.1.